The Bertz CT molecular complexity index is 1910. The minimum absolute atomic E-state index is 0.0821. The lowest BCUT2D eigenvalue weighted by Crippen LogP contribution is -2.42. The van der Waals surface area contributed by atoms with Gasteiger partial charge in [-0.1, -0.05) is 12.1 Å². The molecule has 45 heavy (non-hydrogen) atoms. The predicted octanol–water partition coefficient (Wildman–Crippen LogP) is 4.13. The molecule has 0 bridgehead atoms. The highest BCUT2D eigenvalue weighted by Crippen LogP contribution is 2.36. The van der Waals surface area contributed by atoms with Crippen LogP contribution in [0.4, 0.5) is 9.18 Å². The zero-order valence-electron chi connectivity index (χ0n) is 26.7. The fraction of sp³-hybridized carbons (Fsp3) is 0.419. The number of amides is 1. The number of hydrogen-bond donors (Lipinski definition) is 0. The molecule has 1 aliphatic rings. The summed E-state index contributed by atoms with van der Waals surface area (Å²) in [6.45, 7) is 11.1. The lowest BCUT2D eigenvalue weighted by Gasteiger charge is -2.34. The fourth-order valence-electron chi connectivity index (χ4n) is 5.42. The molecule has 5 rings (SSSR count). The molecule has 12 nitrogen and oxygen atoms in total. The van der Waals surface area contributed by atoms with Crippen LogP contribution in [-0.4, -0.2) is 74.1 Å². The summed E-state index contributed by atoms with van der Waals surface area (Å²) < 4.78 is 50.6. The van der Waals surface area contributed by atoms with Gasteiger partial charge in [0.25, 0.3) is 0 Å². The standard InChI is InChI=1S/C31H38FN7O5S/c1-19-15-23(16-20(2)27(19)32)39-28(26-21(3)36(14-13-25(26)34-39)30(41)44-31(4,5)6)37-18-33-38(29(37)40)17-22-9-11-24(12-10-22)45(42,43)35(7)8/h9-12,15-16,18,21H,13-14,17H2,1-8H3/t21-/m0/s1. The van der Waals surface area contributed by atoms with E-state index in [1.54, 1.807) is 68.5 Å². The third-order valence-electron chi connectivity index (χ3n) is 7.74. The van der Waals surface area contributed by atoms with E-state index < -0.39 is 33.4 Å². The molecular weight excluding hydrogens is 601 g/mol. The van der Waals surface area contributed by atoms with Crippen LogP contribution < -0.4 is 5.69 Å². The van der Waals surface area contributed by atoms with Gasteiger partial charge < -0.3 is 9.64 Å². The van der Waals surface area contributed by atoms with Crippen molar-refractivity contribution in [2.24, 2.45) is 0 Å². The van der Waals surface area contributed by atoms with Crippen molar-refractivity contribution in [2.75, 3.05) is 20.6 Å². The van der Waals surface area contributed by atoms with Gasteiger partial charge in [-0.05, 0) is 82.5 Å². The number of sulfonamides is 1. The first-order valence-electron chi connectivity index (χ1n) is 14.5. The number of aromatic nitrogens is 5. The van der Waals surface area contributed by atoms with Gasteiger partial charge in [0.15, 0.2) is 5.82 Å². The number of benzene rings is 2. The minimum Gasteiger partial charge on any atom is -0.444 e. The molecule has 3 heterocycles. The molecule has 1 amide bonds. The van der Waals surface area contributed by atoms with E-state index in [-0.39, 0.29) is 17.3 Å². The Hall–Kier alpha value is -4.30. The van der Waals surface area contributed by atoms with Gasteiger partial charge in [-0.15, -0.1) is 0 Å². The molecule has 2 aromatic heterocycles. The molecule has 0 fully saturated rings. The molecule has 0 aliphatic carbocycles. The zero-order valence-corrected chi connectivity index (χ0v) is 27.5. The van der Waals surface area contributed by atoms with Crippen LogP contribution in [0.5, 0.6) is 0 Å². The zero-order chi connectivity index (χ0) is 33.0. The Morgan fingerprint density at radius 3 is 2.31 bits per heavy atom. The molecular formula is C31H38FN7O5S. The minimum atomic E-state index is -3.60. The number of nitrogens with zero attached hydrogens (tertiary/aromatic N) is 7. The smallest absolute Gasteiger partial charge is 0.410 e. The Balaban J connectivity index is 1.60. The summed E-state index contributed by atoms with van der Waals surface area (Å²) in [4.78, 5) is 28.9. The van der Waals surface area contributed by atoms with Crippen molar-refractivity contribution in [1.29, 1.82) is 0 Å². The van der Waals surface area contributed by atoms with Crippen LogP contribution >= 0.6 is 0 Å². The third-order valence-corrected chi connectivity index (χ3v) is 9.57. The van der Waals surface area contributed by atoms with E-state index in [9.17, 15) is 22.4 Å². The third kappa shape index (κ3) is 6.03. The summed E-state index contributed by atoms with van der Waals surface area (Å²) in [5, 5.41) is 9.23. The highest BCUT2D eigenvalue weighted by molar-refractivity contribution is 7.89. The molecule has 240 valence electrons. The van der Waals surface area contributed by atoms with Crippen molar-refractivity contribution >= 4 is 16.1 Å². The second kappa shape index (κ2) is 11.6. The number of halogens is 1. The van der Waals surface area contributed by atoms with E-state index in [2.05, 4.69) is 5.10 Å². The van der Waals surface area contributed by atoms with E-state index in [4.69, 9.17) is 9.84 Å². The number of fused-ring (bicyclic) bond motifs is 1. The van der Waals surface area contributed by atoms with Crippen LogP contribution in [0.25, 0.3) is 11.5 Å². The molecule has 1 aliphatic heterocycles. The van der Waals surface area contributed by atoms with Crippen LogP contribution in [0, 0.1) is 19.7 Å². The summed E-state index contributed by atoms with van der Waals surface area (Å²) in [7, 11) is -0.682. The first-order chi connectivity index (χ1) is 21.0. The summed E-state index contributed by atoms with van der Waals surface area (Å²) in [6.07, 6.45) is 1.34. The number of carbonyl (C=O) groups is 1. The van der Waals surface area contributed by atoms with Gasteiger partial charge in [0.05, 0.1) is 28.9 Å². The second-order valence-corrected chi connectivity index (χ2v) is 14.6. The average Bonchev–Trinajstić information content (AvgIpc) is 3.51. The van der Waals surface area contributed by atoms with Crippen molar-refractivity contribution in [2.45, 2.75) is 71.0 Å². The van der Waals surface area contributed by atoms with Crippen molar-refractivity contribution in [3.63, 3.8) is 0 Å². The Kier molecular flexibility index (Phi) is 8.25. The first-order valence-corrected chi connectivity index (χ1v) is 16.0. The van der Waals surface area contributed by atoms with Gasteiger partial charge >= 0.3 is 11.8 Å². The molecule has 0 spiro atoms. The average molecular weight is 640 g/mol. The van der Waals surface area contributed by atoms with Crippen molar-refractivity contribution < 1.29 is 22.3 Å². The number of hydrogen-bond acceptors (Lipinski definition) is 7. The Labute approximate surface area is 261 Å². The first kappa shape index (κ1) is 32.1. The van der Waals surface area contributed by atoms with Crippen LogP contribution in [0.2, 0.25) is 0 Å². The Morgan fingerprint density at radius 2 is 1.73 bits per heavy atom. The highest BCUT2D eigenvalue weighted by atomic mass is 32.2. The quantitative estimate of drug-likeness (QED) is 0.311. The number of ether oxygens (including phenoxy) is 1. The van der Waals surface area contributed by atoms with Gasteiger partial charge in [-0.25, -0.2) is 40.6 Å². The lowest BCUT2D eigenvalue weighted by atomic mass is 10.00. The molecule has 1 atom stereocenters. The fourth-order valence-corrected chi connectivity index (χ4v) is 6.32. The maximum atomic E-state index is 14.6. The van der Waals surface area contributed by atoms with Gasteiger partial charge in [0.2, 0.25) is 10.0 Å². The molecule has 4 aromatic rings. The Morgan fingerprint density at radius 1 is 1.11 bits per heavy atom. The van der Waals surface area contributed by atoms with Crippen molar-refractivity contribution in [3.05, 3.63) is 87.0 Å². The molecule has 14 heteroatoms. The van der Waals surface area contributed by atoms with Crippen molar-refractivity contribution in [3.8, 4) is 11.5 Å². The number of aryl methyl sites for hydroxylation is 2. The van der Waals surface area contributed by atoms with E-state index >= 15 is 0 Å². The van der Waals surface area contributed by atoms with E-state index in [1.807, 2.05) is 6.92 Å². The van der Waals surface area contributed by atoms with Gasteiger partial charge in [0.1, 0.15) is 17.7 Å². The highest BCUT2D eigenvalue weighted by Gasteiger charge is 2.37. The maximum Gasteiger partial charge on any atom is 0.410 e. The molecule has 0 N–H and O–H groups in total. The van der Waals surface area contributed by atoms with E-state index in [0.717, 1.165) is 4.31 Å². The molecule has 2 aromatic carbocycles. The van der Waals surface area contributed by atoms with E-state index in [0.29, 0.717) is 52.4 Å². The van der Waals surface area contributed by atoms with Crippen LogP contribution in [0.3, 0.4) is 0 Å². The monoisotopic (exact) mass is 639 g/mol. The maximum absolute atomic E-state index is 14.6. The van der Waals surface area contributed by atoms with Crippen molar-refractivity contribution in [1.82, 2.24) is 33.3 Å². The van der Waals surface area contributed by atoms with Gasteiger partial charge in [0, 0.05) is 32.6 Å². The number of carbonyl (C=O) groups excluding carboxylic acids is 1. The normalized spacial score (nSPS) is 15.4. The molecule has 0 saturated carbocycles. The molecule has 0 unspecified atom stereocenters. The largest absolute Gasteiger partial charge is 0.444 e. The molecule has 0 saturated heterocycles. The van der Waals surface area contributed by atoms with Crippen LogP contribution in [0.1, 0.15) is 61.7 Å². The van der Waals surface area contributed by atoms with Crippen LogP contribution in [0.15, 0.2) is 52.4 Å². The van der Waals surface area contributed by atoms with Gasteiger partial charge in [-0.2, -0.15) is 10.2 Å². The predicted molar refractivity (Wildman–Crippen MR) is 166 cm³/mol. The lowest BCUT2D eigenvalue weighted by molar-refractivity contribution is 0.0159. The van der Waals surface area contributed by atoms with Crippen LogP contribution in [-0.2, 0) is 27.7 Å². The number of rotatable bonds is 6. The van der Waals surface area contributed by atoms with Gasteiger partial charge in [-0.3, -0.25) is 0 Å². The SMILES string of the molecule is Cc1cc(-n2nc3c(c2-n2cnn(Cc4ccc(S(=O)(=O)N(C)C)cc4)c2=O)[C@H](C)N(C(=O)OC(C)(C)C)CC3)cc(C)c1F. The summed E-state index contributed by atoms with van der Waals surface area (Å²) in [5.41, 5.74) is 2.28. The second-order valence-electron chi connectivity index (χ2n) is 12.5. The summed E-state index contributed by atoms with van der Waals surface area (Å²) in [6, 6.07) is 9.08. The summed E-state index contributed by atoms with van der Waals surface area (Å²) in [5.74, 6) is 0.0657. The summed E-state index contributed by atoms with van der Waals surface area (Å²) >= 11 is 0. The molecule has 0 radical (unpaired) electrons. The van der Waals surface area contributed by atoms with E-state index in [1.165, 1.54) is 41.8 Å². The topological polar surface area (TPSA) is 125 Å².